The minimum absolute atomic E-state index is 0.0586. The molecule has 2 heterocycles. The van der Waals surface area contributed by atoms with E-state index in [1.807, 2.05) is 23.1 Å². The van der Waals surface area contributed by atoms with E-state index in [-0.39, 0.29) is 11.8 Å². The van der Waals surface area contributed by atoms with Crippen LogP contribution in [0.2, 0.25) is 0 Å². The number of aryl methyl sites for hydroxylation is 1. The fourth-order valence-corrected chi connectivity index (χ4v) is 5.58. The molecule has 1 unspecified atom stereocenters. The number of amides is 2. The second-order valence-corrected chi connectivity index (χ2v) is 9.22. The van der Waals surface area contributed by atoms with E-state index in [2.05, 4.69) is 41.5 Å². The molecule has 2 fully saturated rings. The SMILES string of the molecule is CNC(=O)C1(c2ccccn2)CCCN(C(=O)C2(c3ccc(C)cc3)CCCCC2)C1. The van der Waals surface area contributed by atoms with Gasteiger partial charge in [-0.1, -0.05) is 55.2 Å². The molecule has 31 heavy (non-hydrogen) atoms. The summed E-state index contributed by atoms with van der Waals surface area (Å²) in [4.78, 5) is 33.8. The smallest absolute Gasteiger partial charge is 0.233 e. The Labute approximate surface area is 185 Å². The Hall–Kier alpha value is -2.69. The van der Waals surface area contributed by atoms with Crippen molar-refractivity contribution < 1.29 is 9.59 Å². The predicted octanol–water partition coefficient (Wildman–Crippen LogP) is 3.90. The van der Waals surface area contributed by atoms with Crippen molar-refractivity contribution in [2.75, 3.05) is 20.1 Å². The molecule has 0 spiro atoms. The Morgan fingerprint density at radius 3 is 2.29 bits per heavy atom. The van der Waals surface area contributed by atoms with E-state index in [0.29, 0.717) is 19.5 Å². The van der Waals surface area contributed by atoms with Crippen LogP contribution in [0.3, 0.4) is 0 Å². The predicted molar refractivity (Wildman–Crippen MR) is 122 cm³/mol. The van der Waals surface area contributed by atoms with Crippen LogP contribution in [0.4, 0.5) is 0 Å². The van der Waals surface area contributed by atoms with Crippen LogP contribution in [-0.4, -0.2) is 41.8 Å². The zero-order valence-electron chi connectivity index (χ0n) is 18.7. The van der Waals surface area contributed by atoms with Crippen LogP contribution in [-0.2, 0) is 20.4 Å². The van der Waals surface area contributed by atoms with Crippen LogP contribution in [0.15, 0.2) is 48.7 Å². The first-order chi connectivity index (χ1) is 15.0. The molecular formula is C26H33N3O2. The lowest BCUT2D eigenvalue weighted by Crippen LogP contribution is -2.59. The minimum Gasteiger partial charge on any atom is -0.358 e. The van der Waals surface area contributed by atoms with Gasteiger partial charge in [-0.15, -0.1) is 0 Å². The van der Waals surface area contributed by atoms with Crippen LogP contribution in [0.25, 0.3) is 0 Å². The first-order valence-electron chi connectivity index (χ1n) is 11.5. The maximum atomic E-state index is 14.2. The van der Waals surface area contributed by atoms with Crippen molar-refractivity contribution >= 4 is 11.8 Å². The first-order valence-corrected chi connectivity index (χ1v) is 11.5. The van der Waals surface area contributed by atoms with Gasteiger partial charge in [-0.2, -0.15) is 0 Å². The normalized spacial score (nSPS) is 23.2. The quantitative estimate of drug-likeness (QED) is 0.818. The Morgan fingerprint density at radius 1 is 0.935 bits per heavy atom. The monoisotopic (exact) mass is 419 g/mol. The van der Waals surface area contributed by atoms with Gasteiger partial charge in [0.15, 0.2) is 0 Å². The summed E-state index contributed by atoms with van der Waals surface area (Å²) in [6, 6.07) is 14.2. The largest absolute Gasteiger partial charge is 0.358 e. The molecule has 1 aromatic carbocycles. The molecule has 1 saturated carbocycles. The number of carbonyl (C=O) groups excluding carboxylic acids is 2. The topological polar surface area (TPSA) is 62.3 Å². The van der Waals surface area contributed by atoms with Gasteiger partial charge in [0.25, 0.3) is 0 Å². The average molecular weight is 420 g/mol. The van der Waals surface area contributed by atoms with Gasteiger partial charge in [-0.05, 0) is 50.3 Å². The van der Waals surface area contributed by atoms with Crippen LogP contribution < -0.4 is 5.32 Å². The highest BCUT2D eigenvalue weighted by molar-refractivity contribution is 5.92. The molecule has 0 radical (unpaired) electrons. The molecule has 2 aromatic rings. The number of piperidine rings is 1. The van der Waals surface area contributed by atoms with Gasteiger partial charge in [0.1, 0.15) is 5.41 Å². The van der Waals surface area contributed by atoms with Gasteiger partial charge in [0.05, 0.1) is 11.1 Å². The molecule has 1 atom stereocenters. The maximum absolute atomic E-state index is 14.2. The van der Waals surface area contributed by atoms with Crippen molar-refractivity contribution in [3.8, 4) is 0 Å². The highest BCUT2D eigenvalue weighted by Gasteiger charge is 2.50. The molecule has 4 rings (SSSR count). The van der Waals surface area contributed by atoms with Crippen LogP contribution in [0, 0.1) is 6.92 Å². The van der Waals surface area contributed by atoms with Crippen molar-refractivity contribution in [1.82, 2.24) is 15.2 Å². The van der Waals surface area contributed by atoms with Crippen molar-refractivity contribution in [3.63, 3.8) is 0 Å². The lowest BCUT2D eigenvalue weighted by Gasteiger charge is -2.46. The number of hydrogen-bond acceptors (Lipinski definition) is 3. The third-order valence-corrected chi connectivity index (χ3v) is 7.32. The highest BCUT2D eigenvalue weighted by Crippen LogP contribution is 2.43. The molecule has 1 saturated heterocycles. The number of hydrogen-bond donors (Lipinski definition) is 1. The summed E-state index contributed by atoms with van der Waals surface area (Å²) in [5.74, 6) is 0.122. The molecule has 1 aliphatic heterocycles. The fraction of sp³-hybridized carbons (Fsp3) is 0.500. The molecule has 5 nitrogen and oxygen atoms in total. The molecule has 1 N–H and O–H groups in total. The van der Waals surface area contributed by atoms with Gasteiger partial charge in [-0.3, -0.25) is 14.6 Å². The van der Waals surface area contributed by atoms with E-state index < -0.39 is 10.8 Å². The summed E-state index contributed by atoms with van der Waals surface area (Å²) in [7, 11) is 1.67. The van der Waals surface area contributed by atoms with Crippen LogP contribution >= 0.6 is 0 Å². The number of aromatic nitrogens is 1. The highest BCUT2D eigenvalue weighted by atomic mass is 16.2. The summed E-state index contributed by atoms with van der Waals surface area (Å²) in [6.45, 7) is 3.16. The Kier molecular flexibility index (Phi) is 6.12. The van der Waals surface area contributed by atoms with Crippen molar-refractivity contribution in [2.45, 2.75) is 62.7 Å². The van der Waals surface area contributed by atoms with Crippen molar-refractivity contribution in [3.05, 3.63) is 65.5 Å². The summed E-state index contributed by atoms with van der Waals surface area (Å²) in [5.41, 5.74) is 1.79. The molecule has 5 heteroatoms. The Balaban J connectivity index is 1.71. The minimum atomic E-state index is -0.799. The number of nitrogens with zero attached hydrogens (tertiary/aromatic N) is 2. The van der Waals surface area contributed by atoms with E-state index in [1.165, 1.54) is 12.0 Å². The third kappa shape index (κ3) is 3.86. The summed E-state index contributed by atoms with van der Waals surface area (Å²) < 4.78 is 0. The summed E-state index contributed by atoms with van der Waals surface area (Å²) in [5, 5.41) is 2.84. The Bertz CT molecular complexity index is 919. The summed E-state index contributed by atoms with van der Waals surface area (Å²) in [6.07, 6.45) is 8.28. The van der Waals surface area contributed by atoms with Crippen LogP contribution in [0.5, 0.6) is 0 Å². The number of likely N-dealkylation sites (N-methyl/N-ethyl adjacent to an activating group) is 1. The zero-order valence-corrected chi connectivity index (χ0v) is 18.7. The fourth-order valence-electron chi connectivity index (χ4n) is 5.58. The average Bonchev–Trinajstić information content (AvgIpc) is 2.84. The molecule has 2 aliphatic rings. The zero-order chi connectivity index (χ0) is 21.9. The van der Waals surface area contributed by atoms with Crippen molar-refractivity contribution in [2.24, 2.45) is 0 Å². The maximum Gasteiger partial charge on any atom is 0.233 e. The van der Waals surface area contributed by atoms with E-state index in [9.17, 15) is 9.59 Å². The third-order valence-electron chi connectivity index (χ3n) is 7.32. The number of rotatable bonds is 4. The lowest BCUT2D eigenvalue weighted by molar-refractivity contribution is -0.143. The number of benzene rings is 1. The van der Waals surface area contributed by atoms with Gasteiger partial charge in [0, 0.05) is 26.3 Å². The number of pyridine rings is 1. The van der Waals surface area contributed by atoms with Gasteiger partial charge < -0.3 is 10.2 Å². The number of nitrogens with one attached hydrogen (secondary N) is 1. The number of carbonyl (C=O) groups is 2. The molecule has 1 aromatic heterocycles. The molecular weight excluding hydrogens is 386 g/mol. The molecule has 0 bridgehead atoms. The van der Waals surface area contributed by atoms with Gasteiger partial charge >= 0.3 is 0 Å². The van der Waals surface area contributed by atoms with Gasteiger partial charge in [-0.25, -0.2) is 0 Å². The van der Waals surface area contributed by atoms with Crippen molar-refractivity contribution in [1.29, 1.82) is 0 Å². The molecule has 2 amide bonds. The summed E-state index contributed by atoms with van der Waals surface area (Å²) >= 11 is 0. The Morgan fingerprint density at radius 2 is 1.65 bits per heavy atom. The number of likely N-dealkylation sites (tertiary alicyclic amines) is 1. The van der Waals surface area contributed by atoms with Gasteiger partial charge in [0.2, 0.25) is 11.8 Å². The second kappa shape index (κ2) is 8.81. The van der Waals surface area contributed by atoms with E-state index in [1.54, 1.807) is 13.2 Å². The van der Waals surface area contributed by atoms with E-state index >= 15 is 0 Å². The molecule has 1 aliphatic carbocycles. The lowest BCUT2D eigenvalue weighted by atomic mass is 9.67. The first kappa shape index (κ1) is 21.5. The van der Waals surface area contributed by atoms with Crippen LogP contribution in [0.1, 0.15) is 61.8 Å². The second-order valence-electron chi connectivity index (χ2n) is 9.22. The molecule has 164 valence electrons. The van der Waals surface area contributed by atoms with E-state index in [4.69, 9.17) is 0 Å². The van der Waals surface area contributed by atoms with E-state index in [0.717, 1.165) is 43.4 Å². The standard InChI is InChI=1S/C26H33N3O2/c1-20-10-12-21(13-11-20)25(14-5-3-6-15-25)24(31)29-18-8-16-26(19-29,23(30)27-2)22-9-4-7-17-28-22/h4,7,9-13,17H,3,5-6,8,14-16,18-19H2,1-2H3,(H,27,30).